The molecule has 0 spiro atoms. The SMILES string of the molecule is CC.O=COC1CCCC1. The number of carbonyl (C=O) groups excluding carboxylic acids is 1. The van der Waals surface area contributed by atoms with E-state index in [-0.39, 0.29) is 6.10 Å². The predicted octanol–water partition coefficient (Wildman–Crippen LogP) is 2.13. The third kappa shape index (κ3) is 3.49. The monoisotopic (exact) mass is 144 g/mol. The molecule has 0 N–H and O–H groups in total. The van der Waals surface area contributed by atoms with Crippen molar-refractivity contribution >= 4 is 6.47 Å². The van der Waals surface area contributed by atoms with Crippen molar-refractivity contribution in [3.05, 3.63) is 0 Å². The van der Waals surface area contributed by atoms with E-state index in [9.17, 15) is 4.79 Å². The van der Waals surface area contributed by atoms with Crippen molar-refractivity contribution < 1.29 is 9.53 Å². The van der Waals surface area contributed by atoms with E-state index in [1.54, 1.807) is 0 Å². The van der Waals surface area contributed by atoms with E-state index >= 15 is 0 Å². The first kappa shape index (κ1) is 9.47. The van der Waals surface area contributed by atoms with Crippen molar-refractivity contribution in [3.8, 4) is 0 Å². The summed E-state index contributed by atoms with van der Waals surface area (Å²) in [5, 5.41) is 0. The number of hydrogen-bond acceptors (Lipinski definition) is 2. The summed E-state index contributed by atoms with van der Waals surface area (Å²) in [6.45, 7) is 4.55. The van der Waals surface area contributed by atoms with Gasteiger partial charge in [-0.1, -0.05) is 13.8 Å². The van der Waals surface area contributed by atoms with Gasteiger partial charge in [0.15, 0.2) is 0 Å². The van der Waals surface area contributed by atoms with Gasteiger partial charge in [-0.05, 0) is 25.7 Å². The van der Waals surface area contributed by atoms with Gasteiger partial charge >= 0.3 is 0 Å². The Bertz CT molecular complexity index is 75.3. The van der Waals surface area contributed by atoms with Crippen LogP contribution in [0.5, 0.6) is 0 Å². The van der Waals surface area contributed by atoms with Crippen LogP contribution in [0.2, 0.25) is 0 Å². The molecule has 2 heteroatoms. The van der Waals surface area contributed by atoms with Crippen molar-refractivity contribution in [2.24, 2.45) is 0 Å². The first-order valence-electron chi connectivity index (χ1n) is 4.02. The summed E-state index contributed by atoms with van der Waals surface area (Å²) in [5.74, 6) is 0. The fraction of sp³-hybridized carbons (Fsp3) is 0.875. The molecule has 0 heterocycles. The smallest absolute Gasteiger partial charge is 0.293 e. The van der Waals surface area contributed by atoms with Gasteiger partial charge in [0.2, 0.25) is 0 Å². The summed E-state index contributed by atoms with van der Waals surface area (Å²) in [4.78, 5) is 9.74. The topological polar surface area (TPSA) is 26.3 Å². The minimum Gasteiger partial charge on any atom is -0.465 e. The van der Waals surface area contributed by atoms with Crippen molar-refractivity contribution in [1.82, 2.24) is 0 Å². The lowest BCUT2D eigenvalue weighted by Crippen LogP contribution is -2.04. The second-order valence-electron chi connectivity index (χ2n) is 2.14. The zero-order chi connectivity index (χ0) is 7.82. The van der Waals surface area contributed by atoms with Crippen molar-refractivity contribution in [2.75, 3.05) is 0 Å². The highest BCUT2D eigenvalue weighted by molar-refractivity contribution is 5.37. The summed E-state index contributed by atoms with van der Waals surface area (Å²) in [7, 11) is 0. The van der Waals surface area contributed by atoms with Crippen molar-refractivity contribution in [1.29, 1.82) is 0 Å². The van der Waals surface area contributed by atoms with Gasteiger partial charge in [-0.2, -0.15) is 0 Å². The molecule has 1 fully saturated rings. The molecular weight excluding hydrogens is 128 g/mol. The Morgan fingerprint density at radius 1 is 1.30 bits per heavy atom. The first-order valence-corrected chi connectivity index (χ1v) is 4.02. The second kappa shape index (κ2) is 6.59. The van der Waals surface area contributed by atoms with Gasteiger partial charge in [0.05, 0.1) is 0 Å². The predicted molar refractivity (Wildman–Crippen MR) is 40.8 cm³/mol. The van der Waals surface area contributed by atoms with Crippen LogP contribution in [-0.4, -0.2) is 12.6 Å². The standard InChI is InChI=1S/C6H10O2.C2H6/c7-5-8-6-3-1-2-4-6;1-2/h5-6H,1-4H2;1-2H3. The lowest BCUT2D eigenvalue weighted by molar-refractivity contribution is -0.133. The lowest BCUT2D eigenvalue weighted by Gasteiger charge is -2.03. The van der Waals surface area contributed by atoms with Gasteiger partial charge < -0.3 is 4.74 Å². The van der Waals surface area contributed by atoms with Crippen LogP contribution in [0.1, 0.15) is 39.5 Å². The van der Waals surface area contributed by atoms with E-state index in [4.69, 9.17) is 4.74 Å². The molecule has 0 aromatic rings. The number of hydrogen-bond donors (Lipinski definition) is 0. The minimum atomic E-state index is 0.243. The lowest BCUT2D eigenvalue weighted by atomic mass is 10.3. The zero-order valence-electron chi connectivity index (χ0n) is 6.80. The van der Waals surface area contributed by atoms with E-state index < -0.39 is 0 Å². The third-order valence-electron chi connectivity index (χ3n) is 1.55. The number of ether oxygens (including phenoxy) is 1. The number of carbonyl (C=O) groups is 1. The molecule has 0 saturated heterocycles. The summed E-state index contributed by atoms with van der Waals surface area (Å²) in [6.07, 6.45) is 4.82. The van der Waals surface area contributed by atoms with Crippen LogP contribution < -0.4 is 0 Å². The maximum Gasteiger partial charge on any atom is 0.293 e. The molecule has 1 saturated carbocycles. The van der Waals surface area contributed by atoms with E-state index in [2.05, 4.69) is 0 Å². The summed E-state index contributed by atoms with van der Waals surface area (Å²) < 4.78 is 4.72. The van der Waals surface area contributed by atoms with E-state index in [1.165, 1.54) is 12.8 Å². The van der Waals surface area contributed by atoms with Crippen LogP contribution in [0.4, 0.5) is 0 Å². The Kier molecular flexibility index (Phi) is 6.24. The summed E-state index contributed by atoms with van der Waals surface area (Å²) in [6, 6.07) is 0. The average Bonchev–Trinajstić information content (AvgIpc) is 2.46. The second-order valence-corrected chi connectivity index (χ2v) is 2.14. The molecule has 0 amide bonds. The summed E-state index contributed by atoms with van der Waals surface area (Å²) >= 11 is 0. The molecule has 0 atom stereocenters. The fourth-order valence-corrected chi connectivity index (χ4v) is 1.10. The molecule has 0 aromatic heterocycles. The molecule has 10 heavy (non-hydrogen) atoms. The molecule has 1 aliphatic carbocycles. The highest BCUT2D eigenvalue weighted by Gasteiger charge is 2.14. The van der Waals surface area contributed by atoms with E-state index in [1.807, 2.05) is 13.8 Å². The van der Waals surface area contributed by atoms with E-state index in [0.29, 0.717) is 6.47 Å². The molecule has 1 rings (SSSR count). The Morgan fingerprint density at radius 3 is 2.20 bits per heavy atom. The molecule has 0 bridgehead atoms. The molecule has 1 aliphatic rings. The molecule has 0 radical (unpaired) electrons. The van der Waals surface area contributed by atoms with Gasteiger partial charge in [0.1, 0.15) is 6.10 Å². The zero-order valence-corrected chi connectivity index (χ0v) is 6.80. The first-order chi connectivity index (χ1) is 4.93. The van der Waals surface area contributed by atoms with Gasteiger partial charge in [-0.25, -0.2) is 0 Å². The fourth-order valence-electron chi connectivity index (χ4n) is 1.10. The van der Waals surface area contributed by atoms with Crippen LogP contribution >= 0.6 is 0 Å². The maximum absolute atomic E-state index is 9.74. The normalized spacial score (nSPS) is 17.4. The highest BCUT2D eigenvalue weighted by atomic mass is 16.5. The Hall–Kier alpha value is -0.530. The van der Waals surface area contributed by atoms with Crippen molar-refractivity contribution in [2.45, 2.75) is 45.6 Å². The van der Waals surface area contributed by atoms with Gasteiger partial charge in [-0.15, -0.1) is 0 Å². The van der Waals surface area contributed by atoms with Crippen LogP contribution in [0.25, 0.3) is 0 Å². The van der Waals surface area contributed by atoms with Gasteiger partial charge in [0, 0.05) is 0 Å². The minimum absolute atomic E-state index is 0.243. The average molecular weight is 144 g/mol. The Morgan fingerprint density at radius 2 is 1.80 bits per heavy atom. The van der Waals surface area contributed by atoms with Crippen LogP contribution in [-0.2, 0) is 9.53 Å². The van der Waals surface area contributed by atoms with Crippen LogP contribution in [0.3, 0.4) is 0 Å². The van der Waals surface area contributed by atoms with E-state index in [0.717, 1.165) is 12.8 Å². The molecule has 0 unspecified atom stereocenters. The molecular formula is C8H16O2. The largest absolute Gasteiger partial charge is 0.465 e. The molecule has 0 aliphatic heterocycles. The maximum atomic E-state index is 9.74. The Balaban J connectivity index is 0.000000371. The quantitative estimate of drug-likeness (QED) is 0.555. The molecule has 2 nitrogen and oxygen atoms in total. The summed E-state index contributed by atoms with van der Waals surface area (Å²) in [5.41, 5.74) is 0. The van der Waals surface area contributed by atoms with Gasteiger partial charge in [0.25, 0.3) is 6.47 Å². The Labute approximate surface area is 62.6 Å². The molecule has 60 valence electrons. The third-order valence-corrected chi connectivity index (χ3v) is 1.55. The van der Waals surface area contributed by atoms with Crippen LogP contribution in [0, 0.1) is 0 Å². The van der Waals surface area contributed by atoms with Crippen molar-refractivity contribution in [3.63, 3.8) is 0 Å². The number of rotatable bonds is 2. The molecule has 0 aromatic carbocycles. The van der Waals surface area contributed by atoms with Gasteiger partial charge in [-0.3, -0.25) is 4.79 Å². The van der Waals surface area contributed by atoms with Crippen LogP contribution in [0.15, 0.2) is 0 Å². The highest BCUT2D eigenvalue weighted by Crippen LogP contribution is 2.19.